The maximum absolute atomic E-state index is 9.69. The van der Waals surface area contributed by atoms with Crippen molar-refractivity contribution in [3.05, 3.63) is 11.6 Å². The van der Waals surface area contributed by atoms with Gasteiger partial charge >= 0.3 is 0 Å². The van der Waals surface area contributed by atoms with Crippen LogP contribution in [0.4, 0.5) is 0 Å². The van der Waals surface area contributed by atoms with Crippen molar-refractivity contribution in [2.45, 2.75) is 44.2 Å². The fourth-order valence-electron chi connectivity index (χ4n) is 2.58. The van der Waals surface area contributed by atoms with Crippen LogP contribution in [0.15, 0.2) is 0 Å². The number of aryl methyl sites for hydroxylation is 1. The van der Waals surface area contributed by atoms with Gasteiger partial charge in [-0.1, -0.05) is 0 Å². The lowest BCUT2D eigenvalue weighted by Gasteiger charge is -2.25. The van der Waals surface area contributed by atoms with E-state index in [0.29, 0.717) is 12.5 Å². The number of aromatic nitrogens is 3. The average Bonchev–Trinajstić information content (AvgIpc) is 2.73. The first kappa shape index (κ1) is 10.2. The maximum atomic E-state index is 9.69. The molecule has 0 spiro atoms. The van der Waals surface area contributed by atoms with Crippen LogP contribution in [0, 0.1) is 0 Å². The minimum atomic E-state index is -0.244. The molecule has 0 aromatic carbocycles. The first-order chi connectivity index (χ1) is 7.84. The van der Waals surface area contributed by atoms with Gasteiger partial charge in [0, 0.05) is 18.9 Å². The molecule has 0 bridgehead atoms. The van der Waals surface area contributed by atoms with Crippen LogP contribution in [0.2, 0.25) is 0 Å². The summed E-state index contributed by atoms with van der Waals surface area (Å²) in [6, 6.07) is 0. The molecule has 0 aliphatic carbocycles. The summed E-state index contributed by atoms with van der Waals surface area (Å²) in [6.45, 7) is 2.25. The van der Waals surface area contributed by atoms with Crippen molar-refractivity contribution in [2.75, 3.05) is 13.2 Å². The molecule has 88 valence electrons. The number of ether oxygens (including phenoxy) is 1. The molecule has 2 unspecified atom stereocenters. The predicted octanol–water partition coefficient (Wildman–Crippen LogP) is 0.479. The normalized spacial score (nSPS) is 30.1. The number of rotatable bonds is 1. The molecule has 0 radical (unpaired) electrons. The van der Waals surface area contributed by atoms with E-state index in [1.165, 1.54) is 0 Å². The van der Waals surface area contributed by atoms with Gasteiger partial charge in [0.2, 0.25) is 0 Å². The number of hydrogen-bond acceptors (Lipinski definition) is 4. The van der Waals surface area contributed by atoms with Gasteiger partial charge in [0.25, 0.3) is 0 Å². The highest BCUT2D eigenvalue weighted by atomic mass is 16.5. The fraction of sp³-hybridized carbons (Fsp3) is 0.818. The van der Waals surface area contributed by atoms with Gasteiger partial charge in [-0.3, -0.25) is 0 Å². The standard InChI is InChI=1S/C11H17N3O2/c15-9-3-4-10-12-13-11(14(10)6-9)8-2-1-5-16-7-8/h8-9,15H,1-7H2. The van der Waals surface area contributed by atoms with E-state index in [9.17, 15) is 5.11 Å². The van der Waals surface area contributed by atoms with E-state index < -0.39 is 0 Å². The smallest absolute Gasteiger partial charge is 0.138 e. The molecule has 2 atom stereocenters. The molecule has 1 fully saturated rings. The van der Waals surface area contributed by atoms with E-state index in [4.69, 9.17) is 4.74 Å². The lowest BCUT2D eigenvalue weighted by Crippen LogP contribution is -2.28. The summed E-state index contributed by atoms with van der Waals surface area (Å²) in [5.74, 6) is 2.39. The molecular weight excluding hydrogens is 206 g/mol. The van der Waals surface area contributed by atoms with E-state index in [1.54, 1.807) is 0 Å². The molecule has 2 aliphatic rings. The molecule has 16 heavy (non-hydrogen) atoms. The first-order valence-electron chi connectivity index (χ1n) is 6.02. The lowest BCUT2D eigenvalue weighted by atomic mass is 10.0. The number of hydrogen-bond donors (Lipinski definition) is 1. The molecule has 1 aromatic rings. The van der Waals surface area contributed by atoms with Crippen molar-refractivity contribution in [3.8, 4) is 0 Å². The van der Waals surface area contributed by atoms with E-state index in [1.807, 2.05) is 0 Å². The van der Waals surface area contributed by atoms with Gasteiger partial charge in [0.1, 0.15) is 11.6 Å². The summed E-state index contributed by atoms with van der Waals surface area (Å²) < 4.78 is 7.57. The third kappa shape index (κ3) is 1.74. The van der Waals surface area contributed by atoms with E-state index in [-0.39, 0.29) is 6.10 Å². The van der Waals surface area contributed by atoms with Crippen molar-refractivity contribution in [1.29, 1.82) is 0 Å². The first-order valence-corrected chi connectivity index (χ1v) is 6.02. The van der Waals surface area contributed by atoms with Crippen molar-refractivity contribution in [3.63, 3.8) is 0 Å². The summed E-state index contributed by atoms with van der Waals surface area (Å²) in [6.07, 6.45) is 3.61. The number of nitrogens with zero attached hydrogens (tertiary/aromatic N) is 3. The number of fused-ring (bicyclic) bond motifs is 1. The Labute approximate surface area is 94.4 Å². The Morgan fingerprint density at radius 3 is 3.06 bits per heavy atom. The third-order valence-electron chi connectivity index (χ3n) is 3.48. The molecule has 1 N–H and O–H groups in total. The molecule has 1 aromatic heterocycles. The van der Waals surface area contributed by atoms with Crippen LogP contribution >= 0.6 is 0 Å². The highest BCUT2D eigenvalue weighted by Gasteiger charge is 2.27. The van der Waals surface area contributed by atoms with Crippen LogP contribution in [-0.2, 0) is 17.7 Å². The monoisotopic (exact) mass is 223 g/mol. The van der Waals surface area contributed by atoms with Crippen molar-refractivity contribution in [1.82, 2.24) is 14.8 Å². The van der Waals surface area contributed by atoms with Gasteiger partial charge in [0.05, 0.1) is 19.3 Å². The molecule has 2 aliphatic heterocycles. The van der Waals surface area contributed by atoms with E-state index in [2.05, 4.69) is 14.8 Å². The Morgan fingerprint density at radius 2 is 2.25 bits per heavy atom. The highest BCUT2D eigenvalue weighted by molar-refractivity contribution is 5.06. The van der Waals surface area contributed by atoms with Gasteiger partial charge in [-0.05, 0) is 19.3 Å². The number of aliphatic hydroxyl groups excluding tert-OH is 1. The zero-order valence-electron chi connectivity index (χ0n) is 9.30. The van der Waals surface area contributed by atoms with Crippen LogP contribution in [-0.4, -0.2) is 39.2 Å². The zero-order valence-corrected chi connectivity index (χ0v) is 9.30. The maximum Gasteiger partial charge on any atom is 0.138 e. The Bertz CT molecular complexity index is 371. The van der Waals surface area contributed by atoms with Crippen LogP contribution < -0.4 is 0 Å². The van der Waals surface area contributed by atoms with Crippen LogP contribution in [0.3, 0.4) is 0 Å². The van der Waals surface area contributed by atoms with Crippen LogP contribution in [0.5, 0.6) is 0 Å². The van der Waals surface area contributed by atoms with Crippen molar-refractivity contribution < 1.29 is 9.84 Å². The predicted molar refractivity (Wildman–Crippen MR) is 57.1 cm³/mol. The molecule has 0 saturated carbocycles. The van der Waals surface area contributed by atoms with Crippen LogP contribution in [0.1, 0.15) is 36.8 Å². The molecule has 1 saturated heterocycles. The summed E-state index contributed by atoms with van der Waals surface area (Å²) >= 11 is 0. The van der Waals surface area contributed by atoms with Crippen molar-refractivity contribution in [2.24, 2.45) is 0 Å². The lowest BCUT2D eigenvalue weighted by molar-refractivity contribution is 0.0741. The Hall–Kier alpha value is -0.940. The van der Waals surface area contributed by atoms with Crippen LogP contribution in [0.25, 0.3) is 0 Å². The van der Waals surface area contributed by atoms with Gasteiger partial charge in [-0.2, -0.15) is 0 Å². The highest BCUT2D eigenvalue weighted by Crippen LogP contribution is 2.26. The molecule has 5 heteroatoms. The average molecular weight is 223 g/mol. The van der Waals surface area contributed by atoms with Gasteiger partial charge in [-0.15, -0.1) is 10.2 Å². The fourth-order valence-corrected chi connectivity index (χ4v) is 2.58. The second-order valence-corrected chi connectivity index (χ2v) is 4.69. The summed E-state index contributed by atoms with van der Waals surface area (Å²) in [7, 11) is 0. The minimum absolute atomic E-state index is 0.244. The summed E-state index contributed by atoms with van der Waals surface area (Å²) in [5, 5.41) is 18.2. The second kappa shape index (κ2) is 4.14. The molecule has 0 amide bonds. The minimum Gasteiger partial charge on any atom is -0.391 e. The van der Waals surface area contributed by atoms with E-state index >= 15 is 0 Å². The second-order valence-electron chi connectivity index (χ2n) is 4.69. The van der Waals surface area contributed by atoms with Gasteiger partial charge in [-0.25, -0.2) is 0 Å². The third-order valence-corrected chi connectivity index (χ3v) is 3.48. The quantitative estimate of drug-likeness (QED) is 0.752. The van der Waals surface area contributed by atoms with E-state index in [0.717, 1.165) is 50.5 Å². The molecule has 3 rings (SSSR count). The van der Waals surface area contributed by atoms with Gasteiger partial charge in [0.15, 0.2) is 0 Å². The molecular formula is C11H17N3O2. The summed E-state index contributed by atoms with van der Waals surface area (Å²) in [4.78, 5) is 0. The Balaban J connectivity index is 1.86. The number of aliphatic hydroxyl groups is 1. The van der Waals surface area contributed by atoms with Gasteiger partial charge < -0.3 is 14.4 Å². The molecule has 3 heterocycles. The Morgan fingerprint density at radius 1 is 1.31 bits per heavy atom. The topological polar surface area (TPSA) is 60.2 Å². The summed E-state index contributed by atoms with van der Waals surface area (Å²) in [5.41, 5.74) is 0. The van der Waals surface area contributed by atoms with Crippen molar-refractivity contribution >= 4 is 0 Å². The zero-order chi connectivity index (χ0) is 11.0. The largest absolute Gasteiger partial charge is 0.391 e. The molecule has 5 nitrogen and oxygen atoms in total. The Kier molecular flexibility index (Phi) is 2.65. The SMILES string of the molecule is OC1CCc2nnc(C3CCCOC3)n2C1.